The number of halogens is 1. The average molecular weight is 423 g/mol. The van der Waals surface area contributed by atoms with Crippen molar-refractivity contribution in [2.24, 2.45) is 0 Å². The van der Waals surface area contributed by atoms with Crippen molar-refractivity contribution in [1.82, 2.24) is 5.32 Å². The summed E-state index contributed by atoms with van der Waals surface area (Å²) >= 11 is 8.60. The van der Waals surface area contributed by atoms with Crippen molar-refractivity contribution in [3.63, 3.8) is 0 Å². The molecule has 7 heteroatoms. The largest absolute Gasteiger partial charge is 0.496 e. The predicted molar refractivity (Wildman–Crippen MR) is 107 cm³/mol. The Hall–Kier alpha value is -2.12. The van der Waals surface area contributed by atoms with E-state index < -0.39 is 0 Å². The summed E-state index contributed by atoms with van der Waals surface area (Å²) in [6, 6.07) is 12.4. The molecule has 0 heterocycles. The van der Waals surface area contributed by atoms with Crippen LogP contribution < -0.4 is 20.1 Å². The van der Waals surface area contributed by atoms with Gasteiger partial charge in [-0.3, -0.25) is 10.1 Å². The van der Waals surface area contributed by atoms with Crippen LogP contribution in [0.1, 0.15) is 23.7 Å². The Kier molecular flexibility index (Phi) is 7.21. The van der Waals surface area contributed by atoms with Gasteiger partial charge in [0.1, 0.15) is 11.5 Å². The van der Waals surface area contributed by atoms with E-state index in [1.54, 1.807) is 37.4 Å². The smallest absolute Gasteiger partial charge is 0.257 e. The first-order valence-corrected chi connectivity index (χ1v) is 8.92. The number of benzene rings is 2. The average Bonchev–Trinajstić information content (AvgIpc) is 2.60. The molecule has 0 bridgehead atoms. The Morgan fingerprint density at radius 1 is 1.24 bits per heavy atom. The maximum absolute atomic E-state index is 12.3. The maximum Gasteiger partial charge on any atom is 0.257 e. The molecule has 2 aromatic carbocycles. The molecule has 2 aromatic rings. The Balaban J connectivity index is 1.98. The van der Waals surface area contributed by atoms with E-state index in [4.69, 9.17) is 21.7 Å². The van der Waals surface area contributed by atoms with Crippen molar-refractivity contribution in [2.75, 3.05) is 19.0 Å². The number of anilines is 1. The van der Waals surface area contributed by atoms with Crippen LogP contribution >= 0.6 is 28.1 Å². The van der Waals surface area contributed by atoms with E-state index in [2.05, 4.69) is 26.6 Å². The molecule has 2 rings (SSSR count). The summed E-state index contributed by atoms with van der Waals surface area (Å²) < 4.78 is 11.5. The Morgan fingerprint density at radius 2 is 2.04 bits per heavy atom. The molecule has 132 valence electrons. The second-order valence-electron chi connectivity index (χ2n) is 5.13. The van der Waals surface area contributed by atoms with Crippen LogP contribution in [0.4, 0.5) is 5.69 Å². The Bertz CT molecular complexity index is 768. The van der Waals surface area contributed by atoms with Gasteiger partial charge in [-0.2, -0.15) is 0 Å². The van der Waals surface area contributed by atoms with Gasteiger partial charge >= 0.3 is 0 Å². The fourth-order valence-corrected chi connectivity index (χ4v) is 2.78. The van der Waals surface area contributed by atoms with Crippen molar-refractivity contribution >= 4 is 44.9 Å². The number of amides is 1. The van der Waals surface area contributed by atoms with Crippen LogP contribution in [0, 0.1) is 0 Å². The van der Waals surface area contributed by atoms with Crippen LogP contribution in [0.15, 0.2) is 46.9 Å². The molecule has 0 atom stereocenters. The minimum Gasteiger partial charge on any atom is -0.496 e. The van der Waals surface area contributed by atoms with Crippen LogP contribution in [0.25, 0.3) is 0 Å². The summed E-state index contributed by atoms with van der Waals surface area (Å²) in [6.07, 6.45) is 0.905. The van der Waals surface area contributed by atoms with Gasteiger partial charge < -0.3 is 14.8 Å². The number of ether oxygens (including phenoxy) is 2. The van der Waals surface area contributed by atoms with Crippen molar-refractivity contribution in [3.8, 4) is 11.5 Å². The van der Waals surface area contributed by atoms with Gasteiger partial charge in [0.15, 0.2) is 5.11 Å². The highest BCUT2D eigenvalue weighted by Gasteiger charge is 2.10. The predicted octanol–water partition coefficient (Wildman–Crippen LogP) is 4.37. The van der Waals surface area contributed by atoms with E-state index in [1.165, 1.54) is 0 Å². The van der Waals surface area contributed by atoms with Crippen LogP contribution in [-0.4, -0.2) is 24.7 Å². The van der Waals surface area contributed by atoms with Crippen LogP contribution in [-0.2, 0) is 0 Å². The van der Waals surface area contributed by atoms with Gasteiger partial charge in [0.2, 0.25) is 0 Å². The van der Waals surface area contributed by atoms with E-state index in [0.29, 0.717) is 23.7 Å². The molecule has 0 aromatic heterocycles. The number of hydrogen-bond acceptors (Lipinski definition) is 4. The van der Waals surface area contributed by atoms with E-state index in [-0.39, 0.29) is 11.0 Å². The number of carbonyl (C=O) groups is 1. The lowest BCUT2D eigenvalue weighted by atomic mass is 10.2. The zero-order chi connectivity index (χ0) is 18.2. The molecule has 0 saturated carbocycles. The van der Waals surface area contributed by atoms with Crippen molar-refractivity contribution in [1.29, 1.82) is 0 Å². The summed E-state index contributed by atoms with van der Waals surface area (Å²) in [4.78, 5) is 12.3. The standard InChI is InChI=1S/C18H19BrN2O3S/c1-3-9-24-14-6-4-5-12(10-14)17(22)21-18(25)20-13-7-8-16(23-2)15(19)11-13/h4-8,10-11H,3,9H2,1-2H3,(H2,20,21,22,25). The second-order valence-corrected chi connectivity index (χ2v) is 6.40. The number of carbonyl (C=O) groups excluding carboxylic acids is 1. The first-order chi connectivity index (χ1) is 12.0. The molecule has 0 saturated heterocycles. The van der Waals surface area contributed by atoms with Gasteiger partial charge in [-0.05, 0) is 71.0 Å². The van der Waals surface area contributed by atoms with Crippen LogP contribution in [0.3, 0.4) is 0 Å². The summed E-state index contributed by atoms with van der Waals surface area (Å²) in [5, 5.41) is 5.83. The number of nitrogens with one attached hydrogen (secondary N) is 2. The lowest BCUT2D eigenvalue weighted by molar-refractivity contribution is 0.0977. The first-order valence-electron chi connectivity index (χ1n) is 7.72. The minimum absolute atomic E-state index is 0.210. The van der Waals surface area contributed by atoms with Gasteiger partial charge in [-0.1, -0.05) is 13.0 Å². The highest BCUT2D eigenvalue weighted by atomic mass is 79.9. The number of rotatable bonds is 6. The SMILES string of the molecule is CCCOc1cccc(C(=O)NC(=S)Nc2ccc(OC)c(Br)c2)c1. The molecule has 0 spiro atoms. The van der Waals surface area contributed by atoms with Gasteiger partial charge in [0, 0.05) is 11.3 Å². The quantitative estimate of drug-likeness (QED) is 0.676. The number of thiocarbonyl (C=S) groups is 1. The zero-order valence-electron chi connectivity index (χ0n) is 14.0. The van der Waals surface area contributed by atoms with E-state index in [1.807, 2.05) is 19.1 Å². The molecule has 0 radical (unpaired) electrons. The van der Waals surface area contributed by atoms with Gasteiger partial charge in [0.25, 0.3) is 5.91 Å². The molecular formula is C18H19BrN2O3S. The Morgan fingerprint density at radius 3 is 2.72 bits per heavy atom. The number of hydrogen-bond donors (Lipinski definition) is 2. The van der Waals surface area contributed by atoms with Gasteiger partial charge in [0.05, 0.1) is 18.2 Å². The Labute approximate surface area is 160 Å². The lowest BCUT2D eigenvalue weighted by Gasteiger charge is -2.12. The molecule has 5 nitrogen and oxygen atoms in total. The zero-order valence-corrected chi connectivity index (χ0v) is 16.4. The van der Waals surface area contributed by atoms with Crippen LogP contribution in [0.2, 0.25) is 0 Å². The van der Waals surface area contributed by atoms with Crippen LogP contribution in [0.5, 0.6) is 11.5 Å². The fourth-order valence-electron chi connectivity index (χ4n) is 2.03. The van der Waals surface area contributed by atoms with E-state index in [0.717, 1.165) is 16.6 Å². The summed E-state index contributed by atoms with van der Waals surface area (Å²) in [5.74, 6) is 1.07. The number of methoxy groups -OCH3 is 1. The summed E-state index contributed by atoms with van der Waals surface area (Å²) in [5.41, 5.74) is 1.21. The molecule has 1 amide bonds. The van der Waals surface area contributed by atoms with Crippen molar-refractivity contribution in [2.45, 2.75) is 13.3 Å². The molecule has 0 aliphatic heterocycles. The third-order valence-corrected chi connectivity index (χ3v) is 4.03. The molecule has 0 aliphatic carbocycles. The molecule has 0 aliphatic rings. The highest BCUT2D eigenvalue weighted by Crippen LogP contribution is 2.27. The van der Waals surface area contributed by atoms with Crippen molar-refractivity contribution < 1.29 is 14.3 Å². The van der Waals surface area contributed by atoms with Crippen molar-refractivity contribution in [3.05, 3.63) is 52.5 Å². The third kappa shape index (κ3) is 5.72. The lowest BCUT2D eigenvalue weighted by Crippen LogP contribution is -2.34. The van der Waals surface area contributed by atoms with E-state index in [9.17, 15) is 4.79 Å². The topological polar surface area (TPSA) is 59.6 Å². The first kappa shape index (κ1) is 19.2. The molecule has 0 unspecified atom stereocenters. The van der Waals surface area contributed by atoms with Gasteiger partial charge in [-0.25, -0.2) is 0 Å². The normalized spacial score (nSPS) is 10.0. The third-order valence-electron chi connectivity index (χ3n) is 3.21. The molecule has 25 heavy (non-hydrogen) atoms. The minimum atomic E-state index is -0.299. The van der Waals surface area contributed by atoms with Gasteiger partial charge in [-0.15, -0.1) is 0 Å². The highest BCUT2D eigenvalue weighted by molar-refractivity contribution is 9.10. The molecular weight excluding hydrogens is 404 g/mol. The monoisotopic (exact) mass is 422 g/mol. The summed E-state index contributed by atoms with van der Waals surface area (Å²) in [6.45, 7) is 2.63. The summed E-state index contributed by atoms with van der Waals surface area (Å²) in [7, 11) is 1.59. The van der Waals surface area contributed by atoms with E-state index >= 15 is 0 Å². The maximum atomic E-state index is 12.3. The second kappa shape index (κ2) is 9.39. The fraction of sp³-hybridized carbons (Fsp3) is 0.222. The molecule has 2 N–H and O–H groups in total. The molecule has 0 fully saturated rings.